The molecule has 0 bridgehead atoms. The van der Waals surface area contributed by atoms with Crippen LogP contribution < -0.4 is 5.73 Å². The number of ether oxygens (including phenoxy) is 1. The lowest BCUT2D eigenvalue weighted by Gasteiger charge is -2.16. The van der Waals surface area contributed by atoms with Gasteiger partial charge in [0.2, 0.25) is 0 Å². The van der Waals surface area contributed by atoms with Crippen LogP contribution in [0.5, 0.6) is 0 Å². The van der Waals surface area contributed by atoms with Crippen LogP contribution in [0.25, 0.3) is 0 Å². The third-order valence-electron chi connectivity index (χ3n) is 1.98. The molecule has 0 saturated heterocycles. The van der Waals surface area contributed by atoms with Crippen molar-refractivity contribution in [2.24, 2.45) is 11.7 Å². The Balaban J connectivity index is 3.75. The lowest BCUT2D eigenvalue weighted by atomic mass is 10.0. The van der Waals surface area contributed by atoms with Crippen molar-refractivity contribution in [1.29, 1.82) is 0 Å². The van der Waals surface area contributed by atoms with E-state index in [0.29, 0.717) is 6.61 Å². The van der Waals surface area contributed by atoms with Gasteiger partial charge in [0.1, 0.15) is 6.04 Å². The molecule has 12 heavy (non-hydrogen) atoms. The van der Waals surface area contributed by atoms with Gasteiger partial charge in [0.05, 0.1) is 6.61 Å². The molecule has 0 spiro atoms. The number of hydrogen-bond acceptors (Lipinski definition) is 3. The zero-order valence-electron chi connectivity index (χ0n) is 8.17. The van der Waals surface area contributed by atoms with Crippen molar-refractivity contribution < 1.29 is 9.53 Å². The molecule has 0 aromatic rings. The highest BCUT2D eigenvalue weighted by Crippen LogP contribution is 2.06. The Kier molecular flexibility index (Phi) is 5.72. The van der Waals surface area contributed by atoms with Gasteiger partial charge in [-0.2, -0.15) is 0 Å². The summed E-state index contributed by atoms with van der Waals surface area (Å²) in [5.74, 6) is -0.0689. The first-order valence-electron chi connectivity index (χ1n) is 4.55. The van der Waals surface area contributed by atoms with Crippen LogP contribution in [-0.2, 0) is 9.53 Å². The fourth-order valence-electron chi connectivity index (χ4n) is 0.785. The van der Waals surface area contributed by atoms with Gasteiger partial charge in [-0.3, -0.25) is 4.79 Å². The van der Waals surface area contributed by atoms with E-state index in [2.05, 4.69) is 0 Å². The number of rotatable bonds is 5. The molecular formula is C9H19NO2. The van der Waals surface area contributed by atoms with Crippen LogP contribution in [0.4, 0.5) is 0 Å². The molecule has 0 fully saturated rings. The van der Waals surface area contributed by atoms with Gasteiger partial charge >= 0.3 is 5.97 Å². The fourth-order valence-corrected chi connectivity index (χ4v) is 0.785. The molecule has 0 heterocycles. The standard InChI is InChI=1S/C9H19NO2/c1-4-6-12-9(11)8(10)7(3)5-2/h7-8H,4-6,10H2,1-3H3/t7?,8-/m0/s1. The monoisotopic (exact) mass is 173 g/mol. The minimum atomic E-state index is -0.457. The van der Waals surface area contributed by atoms with E-state index in [4.69, 9.17) is 10.5 Å². The maximum absolute atomic E-state index is 11.2. The summed E-state index contributed by atoms with van der Waals surface area (Å²) in [6, 6.07) is -0.457. The maximum atomic E-state index is 11.2. The molecule has 0 radical (unpaired) electrons. The first-order chi connectivity index (χ1) is 5.63. The molecule has 0 saturated carbocycles. The molecule has 0 rings (SSSR count). The first kappa shape index (κ1) is 11.4. The molecule has 0 aliphatic heterocycles. The number of carbonyl (C=O) groups excluding carboxylic acids is 1. The van der Waals surface area contributed by atoms with Gasteiger partial charge < -0.3 is 10.5 Å². The van der Waals surface area contributed by atoms with E-state index in [1.807, 2.05) is 20.8 Å². The van der Waals surface area contributed by atoms with Crippen molar-refractivity contribution in [2.45, 2.75) is 39.7 Å². The van der Waals surface area contributed by atoms with E-state index in [-0.39, 0.29) is 11.9 Å². The lowest BCUT2D eigenvalue weighted by Crippen LogP contribution is -2.38. The molecule has 0 aliphatic carbocycles. The van der Waals surface area contributed by atoms with Crippen molar-refractivity contribution in [1.82, 2.24) is 0 Å². The largest absolute Gasteiger partial charge is 0.465 e. The highest BCUT2D eigenvalue weighted by Gasteiger charge is 2.20. The van der Waals surface area contributed by atoms with Crippen LogP contribution in [0.3, 0.4) is 0 Å². The molecule has 3 nitrogen and oxygen atoms in total. The van der Waals surface area contributed by atoms with Crippen LogP contribution in [0, 0.1) is 5.92 Å². The third-order valence-corrected chi connectivity index (χ3v) is 1.98. The van der Waals surface area contributed by atoms with Crippen molar-refractivity contribution in [3.63, 3.8) is 0 Å². The molecule has 0 aliphatic rings. The molecule has 0 aromatic heterocycles. The van der Waals surface area contributed by atoms with Crippen LogP contribution in [0.1, 0.15) is 33.6 Å². The van der Waals surface area contributed by atoms with E-state index < -0.39 is 6.04 Å². The summed E-state index contributed by atoms with van der Waals surface area (Å²) in [6.45, 7) is 6.40. The quantitative estimate of drug-likeness (QED) is 0.638. The van der Waals surface area contributed by atoms with E-state index in [0.717, 1.165) is 12.8 Å². The number of hydrogen-bond donors (Lipinski definition) is 1. The molecule has 72 valence electrons. The van der Waals surface area contributed by atoms with Gasteiger partial charge in [-0.15, -0.1) is 0 Å². The Bertz CT molecular complexity index is 136. The smallest absolute Gasteiger partial charge is 0.323 e. The molecular weight excluding hydrogens is 154 g/mol. The zero-order valence-corrected chi connectivity index (χ0v) is 8.17. The second-order valence-electron chi connectivity index (χ2n) is 3.08. The minimum absolute atomic E-state index is 0.203. The SMILES string of the molecule is CCCOC(=O)[C@@H](N)C(C)CC. The highest BCUT2D eigenvalue weighted by atomic mass is 16.5. The molecule has 2 atom stereocenters. The van der Waals surface area contributed by atoms with Crippen LogP contribution in [0.15, 0.2) is 0 Å². The van der Waals surface area contributed by atoms with E-state index in [9.17, 15) is 4.79 Å². The average Bonchev–Trinajstić information content (AvgIpc) is 2.11. The molecule has 0 amide bonds. The maximum Gasteiger partial charge on any atom is 0.323 e. The van der Waals surface area contributed by atoms with Gasteiger partial charge in [-0.25, -0.2) is 0 Å². The Labute approximate surface area is 74.3 Å². The van der Waals surface area contributed by atoms with Crippen LogP contribution >= 0.6 is 0 Å². The first-order valence-corrected chi connectivity index (χ1v) is 4.55. The van der Waals surface area contributed by atoms with Gasteiger partial charge in [0.15, 0.2) is 0 Å². The van der Waals surface area contributed by atoms with Gasteiger partial charge in [0, 0.05) is 0 Å². The molecule has 0 aromatic carbocycles. The zero-order chi connectivity index (χ0) is 9.56. The topological polar surface area (TPSA) is 52.3 Å². The Morgan fingerprint density at radius 1 is 1.50 bits per heavy atom. The van der Waals surface area contributed by atoms with Gasteiger partial charge in [0.25, 0.3) is 0 Å². The predicted molar refractivity (Wildman–Crippen MR) is 48.7 cm³/mol. The fraction of sp³-hybridized carbons (Fsp3) is 0.889. The molecule has 3 heteroatoms. The Morgan fingerprint density at radius 3 is 2.50 bits per heavy atom. The van der Waals surface area contributed by atoms with Gasteiger partial charge in [-0.1, -0.05) is 27.2 Å². The summed E-state index contributed by atoms with van der Waals surface area (Å²) in [7, 11) is 0. The molecule has 2 N–H and O–H groups in total. The molecule has 1 unspecified atom stereocenters. The average molecular weight is 173 g/mol. The van der Waals surface area contributed by atoms with Gasteiger partial charge in [-0.05, 0) is 12.3 Å². The van der Waals surface area contributed by atoms with Crippen LogP contribution in [0.2, 0.25) is 0 Å². The van der Waals surface area contributed by atoms with Crippen molar-refractivity contribution in [2.75, 3.05) is 6.61 Å². The Morgan fingerprint density at radius 2 is 2.08 bits per heavy atom. The van der Waals surface area contributed by atoms with Crippen LogP contribution in [-0.4, -0.2) is 18.6 Å². The van der Waals surface area contributed by atoms with E-state index >= 15 is 0 Å². The normalized spacial score (nSPS) is 15.3. The van der Waals surface area contributed by atoms with E-state index in [1.165, 1.54) is 0 Å². The second-order valence-corrected chi connectivity index (χ2v) is 3.08. The highest BCUT2D eigenvalue weighted by molar-refractivity contribution is 5.75. The minimum Gasteiger partial charge on any atom is -0.465 e. The predicted octanol–water partition coefficient (Wildman–Crippen LogP) is 1.31. The van der Waals surface area contributed by atoms with Crippen molar-refractivity contribution in [3.8, 4) is 0 Å². The van der Waals surface area contributed by atoms with Crippen molar-refractivity contribution >= 4 is 5.97 Å². The van der Waals surface area contributed by atoms with Crippen molar-refractivity contribution in [3.05, 3.63) is 0 Å². The summed E-state index contributed by atoms with van der Waals surface area (Å²) in [5, 5.41) is 0. The number of esters is 1. The Hall–Kier alpha value is -0.570. The second kappa shape index (κ2) is 6.00. The summed E-state index contributed by atoms with van der Waals surface area (Å²) >= 11 is 0. The summed E-state index contributed by atoms with van der Waals surface area (Å²) < 4.78 is 4.91. The number of nitrogens with two attached hydrogens (primary N) is 1. The lowest BCUT2D eigenvalue weighted by molar-refractivity contribution is -0.146. The summed E-state index contributed by atoms with van der Waals surface area (Å²) in [6.07, 6.45) is 1.75. The number of carbonyl (C=O) groups is 1. The third kappa shape index (κ3) is 3.72. The summed E-state index contributed by atoms with van der Waals surface area (Å²) in [4.78, 5) is 11.2. The summed E-state index contributed by atoms with van der Waals surface area (Å²) in [5.41, 5.74) is 5.64. The van der Waals surface area contributed by atoms with E-state index in [1.54, 1.807) is 0 Å².